The van der Waals surface area contributed by atoms with Crippen LogP contribution in [0.1, 0.15) is 57.7 Å². The minimum Gasteiger partial charge on any atom is -0.323 e. The van der Waals surface area contributed by atoms with Gasteiger partial charge in [-0.15, -0.1) is 0 Å². The zero-order valence-electron chi connectivity index (χ0n) is 12.7. The van der Waals surface area contributed by atoms with Crippen molar-refractivity contribution in [2.45, 2.75) is 52.0 Å². The lowest BCUT2D eigenvalue weighted by Crippen LogP contribution is -2.17. The molecule has 20 heavy (non-hydrogen) atoms. The maximum absolute atomic E-state index is 6.45. The second-order valence-corrected chi connectivity index (χ2v) is 5.68. The predicted molar refractivity (Wildman–Crippen MR) is 86.6 cm³/mol. The first-order chi connectivity index (χ1) is 9.76. The topological polar surface area (TPSA) is 38.9 Å². The molecule has 0 aliphatic carbocycles. The van der Waals surface area contributed by atoms with Crippen LogP contribution in [0.4, 0.5) is 0 Å². The molecule has 0 saturated heterocycles. The van der Waals surface area contributed by atoms with Gasteiger partial charge in [-0.1, -0.05) is 63.8 Å². The Kier molecular flexibility index (Phi) is 5.54. The van der Waals surface area contributed by atoms with Crippen molar-refractivity contribution in [2.24, 2.45) is 11.7 Å². The Morgan fingerprint density at radius 2 is 1.95 bits per heavy atom. The van der Waals surface area contributed by atoms with Crippen molar-refractivity contribution in [1.82, 2.24) is 4.98 Å². The van der Waals surface area contributed by atoms with Gasteiger partial charge in [-0.3, -0.25) is 4.98 Å². The van der Waals surface area contributed by atoms with Crippen LogP contribution in [0.5, 0.6) is 0 Å². The van der Waals surface area contributed by atoms with E-state index in [1.54, 1.807) is 0 Å². The van der Waals surface area contributed by atoms with Gasteiger partial charge in [0.15, 0.2) is 0 Å². The highest BCUT2D eigenvalue weighted by Gasteiger charge is 2.16. The third-order valence-corrected chi connectivity index (χ3v) is 4.19. The predicted octanol–water partition coefficient (Wildman–Crippen LogP) is 4.84. The number of benzene rings is 1. The van der Waals surface area contributed by atoms with Crippen molar-refractivity contribution in [3.8, 4) is 0 Å². The summed E-state index contributed by atoms with van der Waals surface area (Å²) in [6.07, 6.45) is 7.97. The highest BCUT2D eigenvalue weighted by molar-refractivity contribution is 5.84. The smallest absolute Gasteiger partial charge is 0.0649 e. The molecule has 2 unspecified atom stereocenters. The molecule has 0 radical (unpaired) electrons. The third kappa shape index (κ3) is 3.57. The van der Waals surface area contributed by atoms with Gasteiger partial charge in [0, 0.05) is 17.6 Å². The molecular weight excluding hydrogens is 244 g/mol. The number of fused-ring (bicyclic) bond motifs is 1. The van der Waals surface area contributed by atoms with Crippen molar-refractivity contribution in [1.29, 1.82) is 0 Å². The fourth-order valence-corrected chi connectivity index (χ4v) is 2.89. The Morgan fingerprint density at radius 3 is 2.70 bits per heavy atom. The fraction of sp³-hybridized carbons (Fsp3) is 0.500. The van der Waals surface area contributed by atoms with E-state index in [2.05, 4.69) is 49.2 Å². The summed E-state index contributed by atoms with van der Waals surface area (Å²) in [6, 6.07) is 10.5. The Balaban J connectivity index is 2.16. The van der Waals surface area contributed by atoms with Crippen LogP contribution in [0.25, 0.3) is 10.8 Å². The van der Waals surface area contributed by atoms with E-state index in [4.69, 9.17) is 5.73 Å². The van der Waals surface area contributed by atoms with Crippen LogP contribution in [-0.4, -0.2) is 4.98 Å². The van der Waals surface area contributed by atoms with E-state index in [1.165, 1.54) is 36.5 Å². The minimum atomic E-state index is 0.0444. The van der Waals surface area contributed by atoms with Crippen molar-refractivity contribution in [3.63, 3.8) is 0 Å². The van der Waals surface area contributed by atoms with E-state index in [1.807, 2.05) is 6.20 Å². The highest BCUT2D eigenvalue weighted by atomic mass is 14.8. The van der Waals surface area contributed by atoms with E-state index in [-0.39, 0.29) is 6.04 Å². The zero-order valence-corrected chi connectivity index (χ0v) is 12.7. The Hall–Kier alpha value is -1.41. The standard InChI is InChI=1S/C18H26N2/c1-3-5-8-14(4-2)13-17(19)18-16-10-7-6-9-15(16)11-12-20-18/h6-7,9-12,14,17H,3-5,8,13,19H2,1-2H3. The van der Waals surface area contributed by atoms with Crippen LogP contribution in [0, 0.1) is 5.92 Å². The largest absolute Gasteiger partial charge is 0.323 e. The number of aromatic nitrogens is 1. The number of hydrogen-bond acceptors (Lipinski definition) is 2. The Labute approximate surface area is 122 Å². The molecule has 0 spiro atoms. The number of rotatable bonds is 7. The molecular formula is C18H26N2. The van der Waals surface area contributed by atoms with Crippen LogP contribution in [-0.2, 0) is 0 Å². The average molecular weight is 270 g/mol. The number of hydrogen-bond donors (Lipinski definition) is 1. The quantitative estimate of drug-likeness (QED) is 0.781. The normalized spacial score (nSPS) is 14.3. The lowest BCUT2D eigenvalue weighted by atomic mass is 9.90. The van der Waals surface area contributed by atoms with Crippen molar-refractivity contribution in [2.75, 3.05) is 0 Å². The number of nitrogens with zero attached hydrogens (tertiary/aromatic N) is 1. The molecule has 1 heterocycles. The van der Waals surface area contributed by atoms with Gasteiger partial charge in [-0.25, -0.2) is 0 Å². The van der Waals surface area contributed by atoms with E-state index in [0.29, 0.717) is 5.92 Å². The Morgan fingerprint density at radius 1 is 1.15 bits per heavy atom. The van der Waals surface area contributed by atoms with Gasteiger partial charge in [0.25, 0.3) is 0 Å². The summed E-state index contributed by atoms with van der Waals surface area (Å²) >= 11 is 0. The van der Waals surface area contributed by atoms with Gasteiger partial charge in [-0.2, -0.15) is 0 Å². The van der Waals surface area contributed by atoms with Crippen molar-refractivity contribution >= 4 is 10.8 Å². The molecule has 2 atom stereocenters. The molecule has 0 fully saturated rings. The van der Waals surface area contributed by atoms with Gasteiger partial charge in [0.1, 0.15) is 0 Å². The molecule has 0 saturated carbocycles. The molecule has 2 nitrogen and oxygen atoms in total. The zero-order chi connectivity index (χ0) is 14.4. The Bertz CT molecular complexity index is 530. The molecule has 108 valence electrons. The van der Waals surface area contributed by atoms with E-state index >= 15 is 0 Å². The van der Waals surface area contributed by atoms with E-state index < -0.39 is 0 Å². The summed E-state index contributed by atoms with van der Waals surface area (Å²) in [4.78, 5) is 4.55. The SMILES string of the molecule is CCCCC(CC)CC(N)c1nccc2ccccc12. The van der Waals surface area contributed by atoms with Crippen LogP contribution in [0.15, 0.2) is 36.5 Å². The maximum atomic E-state index is 6.45. The lowest BCUT2D eigenvalue weighted by Gasteiger charge is -2.20. The van der Waals surface area contributed by atoms with Crippen molar-refractivity contribution in [3.05, 3.63) is 42.2 Å². The second kappa shape index (κ2) is 7.39. The van der Waals surface area contributed by atoms with Gasteiger partial charge in [0.05, 0.1) is 5.69 Å². The van der Waals surface area contributed by atoms with Crippen molar-refractivity contribution < 1.29 is 0 Å². The molecule has 2 aromatic rings. The monoisotopic (exact) mass is 270 g/mol. The molecule has 0 aliphatic heterocycles. The van der Waals surface area contributed by atoms with Crippen LogP contribution in [0.2, 0.25) is 0 Å². The summed E-state index contributed by atoms with van der Waals surface area (Å²) in [5.41, 5.74) is 7.50. The first kappa shape index (κ1) is 15.0. The molecule has 1 aromatic carbocycles. The van der Waals surface area contributed by atoms with Gasteiger partial charge in [0.2, 0.25) is 0 Å². The molecule has 0 aliphatic rings. The number of pyridine rings is 1. The van der Waals surface area contributed by atoms with Crippen LogP contribution < -0.4 is 5.73 Å². The van der Waals surface area contributed by atoms with Crippen LogP contribution in [0.3, 0.4) is 0 Å². The first-order valence-corrected chi connectivity index (χ1v) is 7.85. The number of unbranched alkanes of at least 4 members (excludes halogenated alkanes) is 1. The summed E-state index contributed by atoms with van der Waals surface area (Å²) < 4.78 is 0. The average Bonchev–Trinajstić information content (AvgIpc) is 2.50. The molecule has 0 bridgehead atoms. The fourth-order valence-electron chi connectivity index (χ4n) is 2.89. The number of nitrogens with two attached hydrogens (primary N) is 1. The van der Waals surface area contributed by atoms with Gasteiger partial charge >= 0.3 is 0 Å². The maximum Gasteiger partial charge on any atom is 0.0649 e. The van der Waals surface area contributed by atoms with E-state index in [9.17, 15) is 0 Å². The second-order valence-electron chi connectivity index (χ2n) is 5.68. The summed E-state index contributed by atoms with van der Waals surface area (Å²) in [5, 5.41) is 2.43. The lowest BCUT2D eigenvalue weighted by molar-refractivity contribution is 0.386. The highest BCUT2D eigenvalue weighted by Crippen LogP contribution is 2.28. The van der Waals surface area contributed by atoms with Gasteiger partial charge < -0.3 is 5.73 Å². The third-order valence-electron chi connectivity index (χ3n) is 4.19. The molecule has 2 rings (SSSR count). The molecule has 1 aromatic heterocycles. The van der Waals surface area contributed by atoms with Gasteiger partial charge in [-0.05, 0) is 23.8 Å². The summed E-state index contributed by atoms with van der Waals surface area (Å²) in [6.45, 7) is 4.52. The van der Waals surface area contributed by atoms with Crippen LogP contribution >= 0.6 is 0 Å². The van der Waals surface area contributed by atoms with E-state index in [0.717, 1.165) is 12.1 Å². The first-order valence-electron chi connectivity index (χ1n) is 7.85. The molecule has 0 amide bonds. The molecule has 2 N–H and O–H groups in total. The summed E-state index contributed by atoms with van der Waals surface area (Å²) in [7, 11) is 0. The summed E-state index contributed by atoms with van der Waals surface area (Å²) in [5.74, 6) is 0.714. The minimum absolute atomic E-state index is 0.0444. The molecule has 2 heteroatoms.